The van der Waals surface area contributed by atoms with Crippen molar-refractivity contribution in [1.29, 1.82) is 0 Å². The fraction of sp³-hybridized carbons (Fsp3) is 0.118. The van der Waals surface area contributed by atoms with Crippen LogP contribution in [0.3, 0.4) is 0 Å². The second-order valence-corrected chi connectivity index (χ2v) is 5.95. The quantitative estimate of drug-likeness (QED) is 0.676. The molecule has 0 aliphatic carbocycles. The first-order chi connectivity index (χ1) is 11.7. The number of hydrogen-bond acceptors (Lipinski definition) is 6. The van der Waals surface area contributed by atoms with E-state index in [4.69, 9.17) is 4.74 Å². The van der Waals surface area contributed by atoms with Gasteiger partial charge in [0, 0.05) is 4.47 Å². The van der Waals surface area contributed by atoms with Crippen LogP contribution in [0.5, 0.6) is 5.75 Å². The average Bonchev–Trinajstić information content (AvgIpc) is 2.58. The maximum atomic E-state index is 5.37. The lowest BCUT2D eigenvalue weighted by Crippen LogP contribution is -2.03. The number of rotatable bonds is 5. The Bertz CT molecular complexity index is 856. The van der Waals surface area contributed by atoms with Gasteiger partial charge in [0.15, 0.2) is 5.82 Å². The zero-order chi connectivity index (χ0) is 16.9. The summed E-state index contributed by atoms with van der Waals surface area (Å²) in [6.45, 7) is 2.02. The summed E-state index contributed by atoms with van der Waals surface area (Å²) in [6, 6.07) is 13.6. The van der Waals surface area contributed by atoms with Crippen molar-refractivity contribution < 1.29 is 4.74 Å². The Kier molecular flexibility index (Phi) is 4.90. The first-order valence-electron chi connectivity index (χ1n) is 7.28. The Morgan fingerprint density at radius 1 is 1.04 bits per heavy atom. The maximum absolute atomic E-state index is 5.37. The summed E-state index contributed by atoms with van der Waals surface area (Å²) in [6.07, 6.45) is 1.56. The van der Waals surface area contributed by atoms with Crippen LogP contribution in [0.15, 0.2) is 53.1 Å². The molecule has 0 amide bonds. The van der Waals surface area contributed by atoms with Gasteiger partial charge >= 0.3 is 0 Å². The molecule has 1 heterocycles. The van der Waals surface area contributed by atoms with E-state index in [0.717, 1.165) is 27.2 Å². The number of ether oxygens (including phenoxy) is 1. The van der Waals surface area contributed by atoms with Crippen LogP contribution in [0.1, 0.15) is 5.56 Å². The number of para-hydroxylation sites is 1. The summed E-state index contributed by atoms with van der Waals surface area (Å²) in [5.41, 5.74) is 2.81. The largest absolute Gasteiger partial charge is 0.495 e. The average molecular weight is 386 g/mol. The van der Waals surface area contributed by atoms with Gasteiger partial charge in [-0.05, 0) is 52.7 Å². The zero-order valence-electron chi connectivity index (χ0n) is 13.2. The molecule has 0 unspecified atom stereocenters. The van der Waals surface area contributed by atoms with E-state index in [1.165, 1.54) is 0 Å². The molecule has 0 spiro atoms. The van der Waals surface area contributed by atoms with Crippen LogP contribution in [-0.2, 0) is 0 Å². The van der Waals surface area contributed by atoms with E-state index in [9.17, 15) is 0 Å². The number of aryl methyl sites for hydroxylation is 1. The number of hydrogen-bond donors (Lipinski definition) is 2. The van der Waals surface area contributed by atoms with Crippen molar-refractivity contribution in [1.82, 2.24) is 15.2 Å². The molecule has 0 fully saturated rings. The summed E-state index contributed by atoms with van der Waals surface area (Å²) in [5, 5.41) is 14.4. The van der Waals surface area contributed by atoms with E-state index < -0.39 is 0 Å². The van der Waals surface area contributed by atoms with Crippen LogP contribution in [-0.4, -0.2) is 22.3 Å². The number of nitrogens with one attached hydrogen (secondary N) is 2. The highest BCUT2D eigenvalue weighted by molar-refractivity contribution is 9.10. The molecule has 6 nitrogen and oxygen atoms in total. The highest BCUT2D eigenvalue weighted by atomic mass is 79.9. The summed E-state index contributed by atoms with van der Waals surface area (Å²) in [4.78, 5) is 4.44. The molecule has 0 bridgehead atoms. The molecule has 122 valence electrons. The van der Waals surface area contributed by atoms with Gasteiger partial charge in [-0.1, -0.05) is 18.2 Å². The van der Waals surface area contributed by atoms with Gasteiger partial charge < -0.3 is 15.4 Å². The van der Waals surface area contributed by atoms with Crippen molar-refractivity contribution in [2.45, 2.75) is 6.92 Å². The molecule has 3 aromatic rings. The van der Waals surface area contributed by atoms with Gasteiger partial charge in [-0.3, -0.25) is 0 Å². The molecule has 1 aromatic heterocycles. The SMILES string of the molecule is COc1ccc(C)cc1Nc1cnnc(Nc2ccccc2Br)n1. The molecule has 2 N–H and O–H groups in total. The molecule has 0 saturated heterocycles. The van der Waals surface area contributed by atoms with Gasteiger partial charge in [0.25, 0.3) is 0 Å². The summed E-state index contributed by atoms with van der Waals surface area (Å²) in [7, 11) is 1.63. The van der Waals surface area contributed by atoms with E-state index in [0.29, 0.717) is 11.8 Å². The monoisotopic (exact) mass is 385 g/mol. The zero-order valence-corrected chi connectivity index (χ0v) is 14.8. The minimum atomic E-state index is 0.401. The topological polar surface area (TPSA) is 72.0 Å². The smallest absolute Gasteiger partial charge is 0.249 e. The minimum absolute atomic E-state index is 0.401. The molecule has 0 saturated carbocycles. The number of anilines is 4. The summed E-state index contributed by atoms with van der Waals surface area (Å²) >= 11 is 3.48. The Labute approximate surface area is 148 Å². The van der Waals surface area contributed by atoms with Crippen LogP contribution in [0.4, 0.5) is 23.1 Å². The molecule has 0 atom stereocenters. The molecule has 0 radical (unpaired) electrons. The van der Waals surface area contributed by atoms with Crippen molar-refractivity contribution in [2.24, 2.45) is 0 Å². The van der Waals surface area contributed by atoms with Gasteiger partial charge in [-0.2, -0.15) is 10.1 Å². The highest BCUT2D eigenvalue weighted by Crippen LogP contribution is 2.28. The predicted octanol–water partition coefficient (Wildman–Crippen LogP) is 4.44. The first kappa shape index (κ1) is 16.2. The molecule has 0 aliphatic rings. The number of nitrogens with zero attached hydrogens (tertiary/aromatic N) is 3. The standard InChI is InChI=1S/C17H16BrN5O/c1-11-7-8-15(24-2)14(9-11)20-16-10-19-23-17(22-16)21-13-6-4-3-5-12(13)18/h3-10H,1-2H3,(H2,20,21,22,23). The fourth-order valence-corrected chi connectivity index (χ4v) is 2.54. The molecule has 2 aromatic carbocycles. The molecule has 24 heavy (non-hydrogen) atoms. The van der Waals surface area contributed by atoms with Crippen LogP contribution < -0.4 is 15.4 Å². The minimum Gasteiger partial charge on any atom is -0.495 e. The number of methoxy groups -OCH3 is 1. The van der Waals surface area contributed by atoms with Gasteiger partial charge in [-0.25, -0.2) is 0 Å². The predicted molar refractivity (Wildman–Crippen MR) is 98.3 cm³/mol. The van der Waals surface area contributed by atoms with Crippen molar-refractivity contribution >= 4 is 39.1 Å². The third-order valence-electron chi connectivity index (χ3n) is 3.30. The lowest BCUT2D eigenvalue weighted by Gasteiger charge is -2.12. The Hall–Kier alpha value is -2.67. The van der Waals surface area contributed by atoms with E-state index in [-0.39, 0.29) is 0 Å². The third-order valence-corrected chi connectivity index (χ3v) is 3.99. The summed E-state index contributed by atoms with van der Waals surface area (Å²) in [5.74, 6) is 1.71. The fourth-order valence-electron chi connectivity index (χ4n) is 2.16. The molecule has 3 rings (SSSR count). The van der Waals surface area contributed by atoms with Crippen LogP contribution in [0, 0.1) is 6.92 Å². The van der Waals surface area contributed by atoms with Gasteiger partial charge in [-0.15, -0.1) is 5.10 Å². The Morgan fingerprint density at radius 3 is 2.67 bits per heavy atom. The number of aromatic nitrogens is 3. The molecule has 7 heteroatoms. The normalized spacial score (nSPS) is 10.3. The van der Waals surface area contributed by atoms with Gasteiger partial charge in [0.1, 0.15) is 5.75 Å². The van der Waals surface area contributed by atoms with Crippen molar-refractivity contribution in [3.05, 3.63) is 58.7 Å². The van der Waals surface area contributed by atoms with Gasteiger partial charge in [0.05, 0.1) is 24.7 Å². The van der Waals surface area contributed by atoms with Crippen molar-refractivity contribution in [3.63, 3.8) is 0 Å². The first-order valence-corrected chi connectivity index (χ1v) is 8.08. The maximum Gasteiger partial charge on any atom is 0.249 e. The lowest BCUT2D eigenvalue weighted by molar-refractivity contribution is 0.416. The molecular weight excluding hydrogens is 370 g/mol. The van der Waals surface area contributed by atoms with Crippen LogP contribution in [0.2, 0.25) is 0 Å². The van der Waals surface area contributed by atoms with Crippen molar-refractivity contribution in [3.8, 4) is 5.75 Å². The second-order valence-electron chi connectivity index (χ2n) is 5.10. The van der Waals surface area contributed by atoms with Gasteiger partial charge in [0.2, 0.25) is 5.95 Å². The highest BCUT2D eigenvalue weighted by Gasteiger charge is 2.07. The Morgan fingerprint density at radius 2 is 1.88 bits per heavy atom. The Balaban J connectivity index is 1.84. The van der Waals surface area contributed by atoms with Crippen molar-refractivity contribution in [2.75, 3.05) is 17.7 Å². The van der Waals surface area contributed by atoms with Crippen LogP contribution in [0.25, 0.3) is 0 Å². The van der Waals surface area contributed by atoms with E-state index in [1.807, 2.05) is 49.4 Å². The second kappa shape index (κ2) is 7.27. The molecule has 0 aliphatic heterocycles. The van der Waals surface area contributed by atoms with E-state index in [2.05, 4.69) is 41.7 Å². The van der Waals surface area contributed by atoms with Crippen LogP contribution >= 0.6 is 15.9 Å². The molecular formula is C17H16BrN5O. The summed E-state index contributed by atoms with van der Waals surface area (Å²) < 4.78 is 6.29. The third kappa shape index (κ3) is 3.80. The van der Waals surface area contributed by atoms with E-state index in [1.54, 1.807) is 13.3 Å². The number of halogens is 1. The van der Waals surface area contributed by atoms with E-state index >= 15 is 0 Å². The lowest BCUT2D eigenvalue weighted by atomic mass is 10.2. The number of benzene rings is 2.